The summed E-state index contributed by atoms with van der Waals surface area (Å²) in [5.41, 5.74) is 2.07. The number of rotatable bonds is 8. The number of methoxy groups -OCH3 is 1. The van der Waals surface area contributed by atoms with Crippen LogP contribution in [-0.2, 0) is 14.3 Å². The van der Waals surface area contributed by atoms with Crippen molar-refractivity contribution in [1.82, 2.24) is 5.32 Å². The number of hydrogen-bond donors (Lipinski definition) is 2. The predicted octanol–water partition coefficient (Wildman–Crippen LogP) is 3.71. The fraction of sp³-hybridized carbons (Fsp3) is 0.619. The highest BCUT2D eigenvalue weighted by Gasteiger charge is 2.30. The molecule has 1 aliphatic carbocycles. The first-order valence-electron chi connectivity index (χ1n) is 9.69. The molecule has 26 heavy (non-hydrogen) atoms. The second-order valence-corrected chi connectivity index (χ2v) is 7.42. The van der Waals surface area contributed by atoms with Crippen molar-refractivity contribution in [1.29, 1.82) is 0 Å². The van der Waals surface area contributed by atoms with Gasteiger partial charge in [-0.3, -0.25) is 9.59 Å². The van der Waals surface area contributed by atoms with E-state index in [9.17, 15) is 9.59 Å². The molecule has 1 fully saturated rings. The summed E-state index contributed by atoms with van der Waals surface area (Å²) in [6.45, 7) is 5.56. The number of para-hydroxylation sites is 1. The van der Waals surface area contributed by atoms with Crippen LogP contribution in [0.2, 0.25) is 0 Å². The van der Waals surface area contributed by atoms with Crippen LogP contribution in [0.25, 0.3) is 0 Å². The highest BCUT2D eigenvalue weighted by atomic mass is 16.5. The molecule has 0 spiro atoms. The van der Waals surface area contributed by atoms with Crippen molar-refractivity contribution in [2.45, 2.75) is 51.9 Å². The number of nitrogens with one attached hydrogen (secondary N) is 2. The van der Waals surface area contributed by atoms with E-state index in [0.29, 0.717) is 19.1 Å². The largest absolute Gasteiger partial charge is 0.385 e. The maximum Gasteiger partial charge on any atom is 0.227 e. The molecule has 2 amide bonds. The van der Waals surface area contributed by atoms with Crippen molar-refractivity contribution >= 4 is 17.5 Å². The van der Waals surface area contributed by atoms with Crippen LogP contribution in [-0.4, -0.2) is 32.1 Å². The van der Waals surface area contributed by atoms with Gasteiger partial charge in [-0.15, -0.1) is 0 Å². The van der Waals surface area contributed by atoms with E-state index in [1.165, 1.54) is 0 Å². The van der Waals surface area contributed by atoms with Crippen LogP contribution < -0.4 is 10.6 Å². The van der Waals surface area contributed by atoms with Crippen LogP contribution in [0.5, 0.6) is 0 Å². The topological polar surface area (TPSA) is 67.4 Å². The molecule has 0 atom stereocenters. The van der Waals surface area contributed by atoms with E-state index in [4.69, 9.17) is 4.74 Å². The first-order valence-corrected chi connectivity index (χ1v) is 9.69. The number of ether oxygens (including phenoxy) is 1. The third-order valence-electron chi connectivity index (χ3n) is 5.13. The van der Waals surface area contributed by atoms with Gasteiger partial charge in [0.25, 0.3) is 0 Å². The van der Waals surface area contributed by atoms with Gasteiger partial charge < -0.3 is 15.4 Å². The Morgan fingerprint density at radius 2 is 1.69 bits per heavy atom. The molecule has 1 aromatic rings. The first-order chi connectivity index (χ1) is 12.5. The molecule has 0 saturated heterocycles. The highest BCUT2D eigenvalue weighted by Crippen LogP contribution is 2.31. The zero-order chi connectivity index (χ0) is 18.9. The van der Waals surface area contributed by atoms with Gasteiger partial charge in [0, 0.05) is 37.8 Å². The smallest absolute Gasteiger partial charge is 0.227 e. The zero-order valence-electron chi connectivity index (χ0n) is 16.2. The summed E-state index contributed by atoms with van der Waals surface area (Å²) in [4.78, 5) is 24.8. The predicted molar refractivity (Wildman–Crippen MR) is 104 cm³/mol. The van der Waals surface area contributed by atoms with Gasteiger partial charge in [0.1, 0.15) is 0 Å². The minimum absolute atomic E-state index is 0.00670. The number of carbonyl (C=O) groups is 2. The van der Waals surface area contributed by atoms with E-state index < -0.39 is 0 Å². The summed E-state index contributed by atoms with van der Waals surface area (Å²) < 4.78 is 4.99. The van der Waals surface area contributed by atoms with Gasteiger partial charge in [-0.1, -0.05) is 32.0 Å². The Labute approximate surface area is 156 Å². The van der Waals surface area contributed by atoms with Crippen molar-refractivity contribution < 1.29 is 14.3 Å². The normalized spacial score (nSPS) is 20.0. The fourth-order valence-electron chi connectivity index (χ4n) is 3.54. The molecule has 144 valence electrons. The van der Waals surface area contributed by atoms with Crippen LogP contribution in [0.4, 0.5) is 5.69 Å². The summed E-state index contributed by atoms with van der Waals surface area (Å²) in [6, 6.07) is 7.98. The summed E-state index contributed by atoms with van der Waals surface area (Å²) in [5, 5.41) is 6.07. The SMILES string of the molecule is COCCCNC(=O)C1CCC(C(=O)Nc2ccccc2C(C)C)CC1. The Morgan fingerprint density at radius 1 is 1.08 bits per heavy atom. The lowest BCUT2D eigenvalue weighted by Gasteiger charge is -2.27. The molecule has 0 aromatic heterocycles. The number of amides is 2. The summed E-state index contributed by atoms with van der Waals surface area (Å²) >= 11 is 0. The molecule has 0 aliphatic heterocycles. The number of hydrogen-bond acceptors (Lipinski definition) is 3. The zero-order valence-corrected chi connectivity index (χ0v) is 16.2. The maximum atomic E-state index is 12.6. The van der Waals surface area contributed by atoms with Crippen LogP contribution in [0.1, 0.15) is 57.4 Å². The lowest BCUT2D eigenvalue weighted by Crippen LogP contribution is -2.36. The Kier molecular flexibility index (Phi) is 8.10. The van der Waals surface area contributed by atoms with Crippen molar-refractivity contribution in [2.75, 3.05) is 25.6 Å². The van der Waals surface area contributed by atoms with Crippen LogP contribution >= 0.6 is 0 Å². The lowest BCUT2D eigenvalue weighted by atomic mass is 9.81. The molecule has 2 N–H and O–H groups in total. The average Bonchev–Trinajstić information content (AvgIpc) is 2.65. The molecule has 1 aromatic carbocycles. The molecule has 1 aliphatic rings. The van der Waals surface area contributed by atoms with Gasteiger partial charge in [-0.05, 0) is 49.7 Å². The van der Waals surface area contributed by atoms with Crippen molar-refractivity contribution in [2.24, 2.45) is 11.8 Å². The maximum absolute atomic E-state index is 12.6. The van der Waals surface area contributed by atoms with Gasteiger partial charge in [0.2, 0.25) is 11.8 Å². The lowest BCUT2D eigenvalue weighted by molar-refractivity contribution is -0.128. The molecule has 0 radical (unpaired) electrons. The van der Waals surface area contributed by atoms with Gasteiger partial charge in [-0.2, -0.15) is 0 Å². The molecule has 0 bridgehead atoms. The van der Waals surface area contributed by atoms with E-state index in [1.807, 2.05) is 18.2 Å². The average molecular weight is 360 g/mol. The van der Waals surface area contributed by atoms with Crippen LogP contribution in [0.3, 0.4) is 0 Å². The third kappa shape index (κ3) is 5.84. The Bertz CT molecular complexity index is 593. The molecule has 5 nitrogen and oxygen atoms in total. The number of benzene rings is 1. The Morgan fingerprint density at radius 3 is 2.31 bits per heavy atom. The molecule has 0 heterocycles. The van der Waals surface area contributed by atoms with Gasteiger partial charge >= 0.3 is 0 Å². The van der Waals surface area contributed by atoms with E-state index in [0.717, 1.165) is 43.4 Å². The second kappa shape index (κ2) is 10.3. The molecule has 0 unspecified atom stereocenters. The van der Waals surface area contributed by atoms with Crippen LogP contribution in [0, 0.1) is 11.8 Å². The molecular formula is C21H32N2O3. The van der Waals surface area contributed by atoms with Gasteiger partial charge in [-0.25, -0.2) is 0 Å². The monoisotopic (exact) mass is 360 g/mol. The minimum Gasteiger partial charge on any atom is -0.385 e. The fourth-order valence-corrected chi connectivity index (χ4v) is 3.54. The van der Waals surface area contributed by atoms with Crippen LogP contribution in [0.15, 0.2) is 24.3 Å². The van der Waals surface area contributed by atoms with Gasteiger partial charge in [0.15, 0.2) is 0 Å². The highest BCUT2D eigenvalue weighted by molar-refractivity contribution is 5.93. The van der Waals surface area contributed by atoms with E-state index in [1.54, 1.807) is 7.11 Å². The standard InChI is InChI=1S/C21H32N2O3/c1-15(2)18-7-4-5-8-19(18)23-21(25)17-11-9-16(10-12-17)20(24)22-13-6-14-26-3/h4-5,7-8,15-17H,6,9-14H2,1-3H3,(H,22,24)(H,23,25). The van der Waals surface area contributed by atoms with Gasteiger partial charge in [0.05, 0.1) is 0 Å². The van der Waals surface area contributed by atoms with Crippen molar-refractivity contribution in [3.63, 3.8) is 0 Å². The summed E-state index contributed by atoms with van der Waals surface area (Å²) in [6.07, 6.45) is 3.92. The van der Waals surface area contributed by atoms with E-state index in [2.05, 4.69) is 30.5 Å². The Hall–Kier alpha value is -1.88. The molecule has 1 saturated carbocycles. The quantitative estimate of drug-likeness (QED) is 0.695. The van der Waals surface area contributed by atoms with E-state index >= 15 is 0 Å². The third-order valence-corrected chi connectivity index (χ3v) is 5.13. The van der Waals surface area contributed by atoms with E-state index in [-0.39, 0.29) is 23.7 Å². The minimum atomic E-state index is -0.00670. The summed E-state index contributed by atoms with van der Waals surface area (Å²) in [5.74, 6) is 0.587. The molecular weight excluding hydrogens is 328 g/mol. The van der Waals surface area contributed by atoms with Crippen molar-refractivity contribution in [3.05, 3.63) is 29.8 Å². The second-order valence-electron chi connectivity index (χ2n) is 7.42. The Balaban J connectivity index is 1.80. The molecule has 5 heteroatoms. The summed E-state index contributed by atoms with van der Waals surface area (Å²) in [7, 11) is 1.66. The van der Waals surface area contributed by atoms with Crippen molar-refractivity contribution in [3.8, 4) is 0 Å². The number of carbonyl (C=O) groups excluding carboxylic acids is 2. The first kappa shape index (κ1) is 20.4. The number of anilines is 1. The molecule has 2 rings (SSSR count).